The smallest absolute Gasteiger partial charge is 0.104 e. The second-order valence-corrected chi connectivity index (χ2v) is 1.94. The van der Waals surface area contributed by atoms with Crippen LogP contribution in [0.25, 0.3) is 0 Å². The number of allylic oxidation sites excluding steroid dienone is 3. The molecule has 0 unspecified atom stereocenters. The zero-order valence-corrected chi connectivity index (χ0v) is 5.36. The predicted molar refractivity (Wildman–Crippen MR) is 33.5 cm³/mol. The minimum atomic E-state index is -0.0886. The summed E-state index contributed by atoms with van der Waals surface area (Å²) in [6.45, 7) is 0. The summed E-state index contributed by atoms with van der Waals surface area (Å²) in [4.78, 5) is 0. The van der Waals surface area contributed by atoms with Gasteiger partial charge in [0.05, 0.1) is 19.3 Å². The van der Waals surface area contributed by atoms with E-state index in [1.807, 2.05) is 6.08 Å². The van der Waals surface area contributed by atoms with Crippen molar-refractivity contribution < 1.29 is 9.13 Å². The van der Waals surface area contributed by atoms with Gasteiger partial charge in [0.1, 0.15) is 5.83 Å². The molecule has 2 heteroatoms. The number of hydrogen-bond donors (Lipinski definition) is 0. The first kappa shape index (κ1) is 6.33. The van der Waals surface area contributed by atoms with Crippen LogP contribution in [0.4, 0.5) is 4.39 Å². The maximum atomic E-state index is 12.4. The van der Waals surface area contributed by atoms with Gasteiger partial charge in [-0.3, -0.25) is 0 Å². The average Bonchev–Trinajstić information content (AvgIpc) is 1.88. The van der Waals surface area contributed by atoms with Crippen LogP contribution in [-0.4, -0.2) is 7.11 Å². The topological polar surface area (TPSA) is 9.23 Å². The minimum Gasteiger partial charge on any atom is -0.501 e. The van der Waals surface area contributed by atoms with Crippen molar-refractivity contribution in [2.45, 2.75) is 12.8 Å². The van der Waals surface area contributed by atoms with Gasteiger partial charge in [-0.15, -0.1) is 0 Å². The molecular weight excluding hydrogens is 119 g/mol. The summed E-state index contributed by atoms with van der Waals surface area (Å²) in [6, 6.07) is 0. The highest BCUT2D eigenvalue weighted by Gasteiger charge is 2.04. The van der Waals surface area contributed by atoms with Gasteiger partial charge in [0.15, 0.2) is 0 Å². The lowest BCUT2D eigenvalue weighted by molar-refractivity contribution is 0.274. The van der Waals surface area contributed by atoms with Crippen LogP contribution >= 0.6 is 0 Å². The highest BCUT2D eigenvalue weighted by Crippen LogP contribution is 2.18. The third-order valence-electron chi connectivity index (χ3n) is 1.29. The quantitative estimate of drug-likeness (QED) is 0.525. The van der Waals surface area contributed by atoms with Gasteiger partial charge in [-0.05, 0) is 18.6 Å². The standard InChI is InChI=1S/C7H9FO/c1-9-7-4-2-3-6(8)5-7/h3-4H,2,5H2,1H3. The third kappa shape index (κ3) is 1.56. The van der Waals surface area contributed by atoms with Gasteiger partial charge in [-0.2, -0.15) is 0 Å². The van der Waals surface area contributed by atoms with Crippen LogP contribution in [0.15, 0.2) is 23.7 Å². The van der Waals surface area contributed by atoms with Crippen LogP contribution in [0.1, 0.15) is 12.8 Å². The van der Waals surface area contributed by atoms with Gasteiger partial charge < -0.3 is 4.74 Å². The largest absolute Gasteiger partial charge is 0.501 e. The van der Waals surface area contributed by atoms with Gasteiger partial charge in [0.25, 0.3) is 0 Å². The molecule has 9 heavy (non-hydrogen) atoms. The molecule has 1 aliphatic rings. The number of rotatable bonds is 1. The molecule has 1 nitrogen and oxygen atoms in total. The lowest BCUT2D eigenvalue weighted by atomic mass is 10.2. The Balaban J connectivity index is 2.51. The predicted octanol–water partition coefficient (Wildman–Crippen LogP) is 2.16. The fourth-order valence-electron chi connectivity index (χ4n) is 0.785. The van der Waals surface area contributed by atoms with Gasteiger partial charge in [-0.25, -0.2) is 4.39 Å². The van der Waals surface area contributed by atoms with Crippen molar-refractivity contribution >= 4 is 0 Å². The summed E-state index contributed by atoms with van der Waals surface area (Å²) in [5.41, 5.74) is 0. The fraction of sp³-hybridized carbons (Fsp3) is 0.429. The molecule has 0 N–H and O–H groups in total. The van der Waals surface area contributed by atoms with E-state index in [0.717, 1.165) is 5.76 Å². The Hall–Kier alpha value is -0.790. The SMILES string of the molecule is COC1=CCC=C(F)C1. The van der Waals surface area contributed by atoms with E-state index in [0.29, 0.717) is 12.8 Å². The molecule has 0 fully saturated rings. The van der Waals surface area contributed by atoms with Crippen LogP contribution in [0.2, 0.25) is 0 Å². The Morgan fingerprint density at radius 2 is 2.33 bits per heavy atom. The number of methoxy groups -OCH3 is 1. The maximum Gasteiger partial charge on any atom is 0.104 e. The molecule has 1 aliphatic carbocycles. The van der Waals surface area contributed by atoms with E-state index < -0.39 is 0 Å². The molecule has 0 atom stereocenters. The van der Waals surface area contributed by atoms with Crippen LogP contribution in [0, 0.1) is 0 Å². The molecule has 0 aromatic rings. The van der Waals surface area contributed by atoms with Crippen LogP contribution in [0.5, 0.6) is 0 Å². The van der Waals surface area contributed by atoms with Gasteiger partial charge in [-0.1, -0.05) is 0 Å². The van der Waals surface area contributed by atoms with Crippen molar-refractivity contribution in [3.63, 3.8) is 0 Å². The number of ether oxygens (including phenoxy) is 1. The number of hydrogen-bond acceptors (Lipinski definition) is 1. The molecule has 0 radical (unpaired) electrons. The molecule has 0 saturated carbocycles. The third-order valence-corrected chi connectivity index (χ3v) is 1.29. The second kappa shape index (κ2) is 2.67. The Morgan fingerprint density at radius 1 is 1.56 bits per heavy atom. The number of halogens is 1. The molecule has 0 heterocycles. The average molecular weight is 128 g/mol. The fourth-order valence-corrected chi connectivity index (χ4v) is 0.785. The first-order valence-corrected chi connectivity index (χ1v) is 2.90. The monoisotopic (exact) mass is 128 g/mol. The van der Waals surface area contributed by atoms with Gasteiger partial charge in [0, 0.05) is 0 Å². The normalized spacial score (nSPS) is 18.4. The van der Waals surface area contributed by atoms with Crippen molar-refractivity contribution in [2.75, 3.05) is 7.11 Å². The lowest BCUT2D eigenvalue weighted by Gasteiger charge is -2.07. The Bertz CT molecular complexity index is 158. The van der Waals surface area contributed by atoms with Crippen molar-refractivity contribution in [3.05, 3.63) is 23.7 Å². The summed E-state index contributed by atoms with van der Waals surface area (Å²) in [6.07, 6.45) is 4.43. The Kier molecular flexibility index (Phi) is 1.88. The lowest BCUT2D eigenvalue weighted by Crippen LogP contribution is -1.91. The molecular formula is C7H9FO. The molecule has 0 bridgehead atoms. The van der Waals surface area contributed by atoms with E-state index in [1.54, 1.807) is 13.2 Å². The summed E-state index contributed by atoms with van der Waals surface area (Å²) >= 11 is 0. The molecule has 1 rings (SSSR count). The highest BCUT2D eigenvalue weighted by atomic mass is 19.1. The Morgan fingerprint density at radius 3 is 2.78 bits per heavy atom. The van der Waals surface area contributed by atoms with Crippen LogP contribution in [0.3, 0.4) is 0 Å². The van der Waals surface area contributed by atoms with E-state index in [4.69, 9.17) is 4.74 Å². The summed E-state index contributed by atoms with van der Waals surface area (Å²) < 4.78 is 17.2. The molecule has 0 aromatic heterocycles. The zero-order valence-electron chi connectivity index (χ0n) is 5.36. The van der Waals surface area contributed by atoms with Gasteiger partial charge >= 0.3 is 0 Å². The maximum absolute atomic E-state index is 12.4. The molecule has 0 amide bonds. The minimum absolute atomic E-state index is 0.0886. The van der Waals surface area contributed by atoms with Crippen LogP contribution in [-0.2, 0) is 4.74 Å². The van der Waals surface area contributed by atoms with Crippen molar-refractivity contribution in [1.29, 1.82) is 0 Å². The van der Waals surface area contributed by atoms with E-state index in [2.05, 4.69) is 0 Å². The van der Waals surface area contributed by atoms with Gasteiger partial charge in [0.2, 0.25) is 0 Å². The molecule has 0 aromatic carbocycles. The highest BCUT2D eigenvalue weighted by molar-refractivity contribution is 5.13. The van der Waals surface area contributed by atoms with E-state index in [1.165, 1.54) is 0 Å². The van der Waals surface area contributed by atoms with Crippen molar-refractivity contribution in [1.82, 2.24) is 0 Å². The molecule has 50 valence electrons. The summed E-state index contributed by atoms with van der Waals surface area (Å²) in [5.74, 6) is 0.643. The Labute approximate surface area is 53.8 Å². The van der Waals surface area contributed by atoms with E-state index in [-0.39, 0.29) is 5.83 Å². The van der Waals surface area contributed by atoms with E-state index >= 15 is 0 Å². The molecule has 0 aliphatic heterocycles. The molecule has 0 saturated heterocycles. The van der Waals surface area contributed by atoms with Crippen molar-refractivity contribution in [3.8, 4) is 0 Å². The second-order valence-electron chi connectivity index (χ2n) is 1.94. The first-order chi connectivity index (χ1) is 4.33. The van der Waals surface area contributed by atoms with Crippen LogP contribution < -0.4 is 0 Å². The first-order valence-electron chi connectivity index (χ1n) is 2.90. The zero-order chi connectivity index (χ0) is 6.69. The summed E-state index contributed by atoms with van der Waals surface area (Å²) in [7, 11) is 1.56. The van der Waals surface area contributed by atoms with Crippen molar-refractivity contribution in [2.24, 2.45) is 0 Å². The van der Waals surface area contributed by atoms with E-state index in [9.17, 15) is 4.39 Å². The molecule has 0 spiro atoms. The summed E-state index contributed by atoms with van der Waals surface area (Å²) in [5, 5.41) is 0.